The third-order valence-electron chi connectivity index (χ3n) is 4.61. The number of fused-ring (bicyclic) bond motifs is 1. The van der Waals surface area contributed by atoms with Crippen molar-refractivity contribution in [2.45, 2.75) is 24.1 Å². The molecule has 2 aromatic heterocycles. The van der Waals surface area contributed by atoms with Gasteiger partial charge in [-0.25, -0.2) is 0 Å². The van der Waals surface area contributed by atoms with Crippen LogP contribution in [-0.2, 0) is 12.3 Å². The van der Waals surface area contributed by atoms with Crippen LogP contribution in [0.2, 0.25) is 0 Å². The van der Waals surface area contributed by atoms with E-state index in [4.69, 9.17) is 0 Å². The molecule has 0 spiro atoms. The maximum Gasteiger partial charge on any atom is 0.261 e. The van der Waals surface area contributed by atoms with Crippen LogP contribution in [0.15, 0.2) is 77.1 Å². The van der Waals surface area contributed by atoms with Crippen molar-refractivity contribution in [2.75, 3.05) is 6.54 Å². The molecule has 0 aliphatic heterocycles. The Morgan fingerprint density at radius 2 is 2.00 bits per heavy atom. The van der Waals surface area contributed by atoms with Crippen molar-refractivity contribution in [1.82, 2.24) is 9.88 Å². The summed E-state index contributed by atoms with van der Waals surface area (Å²) in [5.74, 6) is 0.950. The fraction of sp³-hybridized carbons (Fsp3) is 0.174. The van der Waals surface area contributed by atoms with Crippen molar-refractivity contribution >= 4 is 39.9 Å². The number of nitrogens with zero attached hydrogens (tertiary/aromatic N) is 1. The number of thiophene rings is 1. The summed E-state index contributed by atoms with van der Waals surface area (Å²) in [6, 6.07) is 20.9. The number of carbonyl (C=O) groups excluding carboxylic acids is 1. The van der Waals surface area contributed by atoms with Gasteiger partial charge in [0.05, 0.1) is 4.88 Å². The summed E-state index contributed by atoms with van der Waals surface area (Å²) in [5.41, 5.74) is 3.84. The molecule has 3 nitrogen and oxygen atoms in total. The highest BCUT2D eigenvalue weighted by Crippen LogP contribution is 2.32. The average molecular weight is 407 g/mol. The van der Waals surface area contributed by atoms with Gasteiger partial charge in [0.1, 0.15) is 0 Å². The van der Waals surface area contributed by atoms with E-state index in [2.05, 4.69) is 71.5 Å². The summed E-state index contributed by atoms with van der Waals surface area (Å²) in [4.78, 5) is 14.2. The van der Waals surface area contributed by atoms with E-state index in [9.17, 15) is 4.79 Å². The molecule has 5 heteroatoms. The van der Waals surface area contributed by atoms with Crippen LogP contribution in [0, 0.1) is 6.92 Å². The number of aryl methyl sites for hydroxylation is 1. The van der Waals surface area contributed by atoms with E-state index in [0.717, 1.165) is 17.2 Å². The Kier molecular flexibility index (Phi) is 5.84. The summed E-state index contributed by atoms with van der Waals surface area (Å²) < 4.78 is 2.24. The zero-order valence-corrected chi connectivity index (χ0v) is 17.4. The number of hydrogen-bond acceptors (Lipinski definition) is 3. The van der Waals surface area contributed by atoms with E-state index in [1.165, 1.54) is 38.3 Å². The standard InChI is InChI=1S/C23H22N2OS2/c1-17-6-4-7-18(14-17)16-28-22-15-25(20-9-3-2-8-19(20)22)12-11-24-23(26)21-10-5-13-27-21/h2-10,13-15H,11-12,16H2,1H3,(H,24,26). The van der Waals surface area contributed by atoms with Gasteiger partial charge in [-0.15, -0.1) is 23.1 Å². The van der Waals surface area contributed by atoms with Gasteiger partial charge in [-0.2, -0.15) is 0 Å². The summed E-state index contributed by atoms with van der Waals surface area (Å²) in [6.45, 7) is 3.49. The van der Waals surface area contributed by atoms with Gasteiger partial charge < -0.3 is 9.88 Å². The first kappa shape index (κ1) is 18.8. The lowest BCUT2D eigenvalue weighted by atomic mass is 10.2. The molecule has 0 radical (unpaired) electrons. The molecule has 28 heavy (non-hydrogen) atoms. The summed E-state index contributed by atoms with van der Waals surface area (Å²) >= 11 is 3.33. The molecule has 0 saturated heterocycles. The molecule has 0 unspecified atom stereocenters. The largest absolute Gasteiger partial charge is 0.350 e. The first-order valence-corrected chi connectivity index (χ1v) is 11.1. The normalized spacial score (nSPS) is 11.0. The predicted molar refractivity (Wildman–Crippen MR) is 119 cm³/mol. The van der Waals surface area contributed by atoms with Gasteiger partial charge in [0.15, 0.2) is 0 Å². The highest BCUT2D eigenvalue weighted by molar-refractivity contribution is 7.98. The van der Waals surface area contributed by atoms with Gasteiger partial charge in [0.25, 0.3) is 5.91 Å². The third kappa shape index (κ3) is 4.32. The van der Waals surface area contributed by atoms with Crippen molar-refractivity contribution in [3.8, 4) is 0 Å². The number of amides is 1. The van der Waals surface area contributed by atoms with E-state index in [0.29, 0.717) is 6.54 Å². The summed E-state index contributed by atoms with van der Waals surface area (Å²) in [6.07, 6.45) is 2.21. The second-order valence-corrected chi connectivity index (χ2v) is 8.68. The van der Waals surface area contributed by atoms with Crippen LogP contribution in [-0.4, -0.2) is 17.0 Å². The monoisotopic (exact) mass is 406 g/mol. The number of para-hydroxylation sites is 1. The van der Waals surface area contributed by atoms with Gasteiger partial charge >= 0.3 is 0 Å². The Bertz CT molecular complexity index is 1080. The second-order valence-electron chi connectivity index (χ2n) is 6.71. The van der Waals surface area contributed by atoms with E-state index in [1.54, 1.807) is 0 Å². The highest BCUT2D eigenvalue weighted by atomic mass is 32.2. The SMILES string of the molecule is Cc1cccc(CSc2cn(CCNC(=O)c3cccs3)c3ccccc23)c1. The number of carbonyl (C=O) groups is 1. The van der Waals surface area contributed by atoms with Crippen LogP contribution < -0.4 is 5.32 Å². The van der Waals surface area contributed by atoms with Crippen molar-refractivity contribution in [2.24, 2.45) is 0 Å². The fourth-order valence-electron chi connectivity index (χ4n) is 3.26. The van der Waals surface area contributed by atoms with Crippen LogP contribution in [0.3, 0.4) is 0 Å². The molecule has 1 N–H and O–H groups in total. The smallest absolute Gasteiger partial charge is 0.261 e. The van der Waals surface area contributed by atoms with Gasteiger partial charge in [0.2, 0.25) is 0 Å². The molecule has 4 rings (SSSR count). The second kappa shape index (κ2) is 8.67. The quantitative estimate of drug-likeness (QED) is 0.398. The first-order chi connectivity index (χ1) is 13.7. The Labute approximate surface area is 173 Å². The Morgan fingerprint density at radius 1 is 1.11 bits per heavy atom. The molecular weight excluding hydrogens is 384 g/mol. The van der Waals surface area contributed by atoms with Crippen LogP contribution in [0.1, 0.15) is 20.8 Å². The van der Waals surface area contributed by atoms with Gasteiger partial charge in [-0.3, -0.25) is 4.79 Å². The zero-order valence-electron chi connectivity index (χ0n) is 15.7. The van der Waals surface area contributed by atoms with Gasteiger partial charge in [-0.05, 0) is 30.0 Å². The fourth-order valence-corrected chi connectivity index (χ4v) is 4.93. The molecule has 2 aromatic carbocycles. The average Bonchev–Trinajstić information content (AvgIpc) is 3.35. The minimum Gasteiger partial charge on any atom is -0.350 e. The van der Waals surface area contributed by atoms with Crippen LogP contribution in [0.5, 0.6) is 0 Å². The van der Waals surface area contributed by atoms with Gasteiger partial charge in [0, 0.05) is 40.8 Å². The molecule has 0 fully saturated rings. The van der Waals surface area contributed by atoms with Crippen LogP contribution in [0.25, 0.3) is 10.9 Å². The zero-order chi connectivity index (χ0) is 19.3. The lowest BCUT2D eigenvalue weighted by Gasteiger charge is -2.06. The molecule has 142 valence electrons. The van der Waals surface area contributed by atoms with E-state index in [-0.39, 0.29) is 5.91 Å². The number of rotatable bonds is 7. The topological polar surface area (TPSA) is 34.0 Å². The Hall–Kier alpha value is -2.50. The van der Waals surface area contributed by atoms with E-state index in [1.807, 2.05) is 29.3 Å². The summed E-state index contributed by atoms with van der Waals surface area (Å²) in [7, 11) is 0. The molecule has 4 aromatic rings. The number of aromatic nitrogens is 1. The molecule has 0 aliphatic rings. The lowest BCUT2D eigenvalue weighted by molar-refractivity contribution is 0.0956. The minimum atomic E-state index is 0.000470. The maximum atomic E-state index is 12.1. The molecule has 0 bridgehead atoms. The van der Waals surface area contributed by atoms with E-state index < -0.39 is 0 Å². The van der Waals surface area contributed by atoms with Gasteiger partial charge in [-0.1, -0.05) is 54.1 Å². The first-order valence-electron chi connectivity index (χ1n) is 9.28. The molecular formula is C23H22N2OS2. The molecule has 0 saturated carbocycles. The molecule has 1 amide bonds. The molecule has 2 heterocycles. The molecule has 0 atom stereocenters. The van der Waals surface area contributed by atoms with Crippen LogP contribution >= 0.6 is 23.1 Å². The maximum absolute atomic E-state index is 12.1. The van der Waals surface area contributed by atoms with Crippen molar-refractivity contribution in [1.29, 1.82) is 0 Å². The number of thioether (sulfide) groups is 1. The van der Waals surface area contributed by atoms with E-state index >= 15 is 0 Å². The predicted octanol–water partition coefficient (Wildman–Crippen LogP) is 5.73. The van der Waals surface area contributed by atoms with Crippen molar-refractivity contribution in [3.63, 3.8) is 0 Å². The van der Waals surface area contributed by atoms with Crippen LogP contribution in [0.4, 0.5) is 0 Å². The lowest BCUT2D eigenvalue weighted by Crippen LogP contribution is -2.26. The van der Waals surface area contributed by atoms with Crippen molar-refractivity contribution in [3.05, 3.63) is 88.2 Å². The summed E-state index contributed by atoms with van der Waals surface area (Å²) in [5, 5.41) is 6.21. The highest BCUT2D eigenvalue weighted by Gasteiger charge is 2.10. The minimum absolute atomic E-state index is 0.000470. The number of nitrogens with one attached hydrogen (secondary N) is 1. The Morgan fingerprint density at radius 3 is 2.82 bits per heavy atom. The third-order valence-corrected chi connectivity index (χ3v) is 6.59. The number of hydrogen-bond donors (Lipinski definition) is 1. The Balaban J connectivity index is 1.46. The molecule has 0 aliphatic carbocycles. The number of benzene rings is 2. The van der Waals surface area contributed by atoms with Crippen molar-refractivity contribution < 1.29 is 4.79 Å².